The van der Waals surface area contributed by atoms with Gasteiger partial charge in [0.15, 0.2) is 0 Å². The van der Waals surface area contributed by atoms with Crippen LogP contribution in [0.25, 0.3) is 27.8 Å². The number of nitrogens with zero attached hydrogens (tertiary/aromatic N) is 2. The predicted molar refractivity (Wildman–Crippen MR) is 105 cm³/mol. The predicted octanol–water partition coefficient (Wildman–Crippen LogP) is 4.40. The van der Waals surface area contributed by atoms with Crippen LogP contribution < -0.4 is 4.74 Å². The molecule has 0 bridgehead atoms. The van der Waals surface area contributed by atoms with E-state index in [1.54, 1.807) is 11.7 Å². The van der Waals surface area contributed by atoms with E-state index in [9.17, 15) is 23.4 Å². The van der Waals surface area contributed by atoms with Gasteiger partial charge in [-0.25, -0.2) is 4.98 Å². The Hall–Kier alpha value is -3.36. The van der Waals surface area contributed by atoms with Crippen molar-refractivity contribution in [1.29, 1.82) is 0 Å². The van der Waals surface area contributed by atoms with Gasteiger partial charge in [-0.15, -0.1) is 0 Å². The standard InChI is InChI=1S/C22H17F3N2O3/c1-30-20-8-3-2-7-17(20)14-5-4-6-16(11-14)27-13-26-18-12-15(9-10-19(18)27)21(28,29)22(23,24)25/h2-13,28-29H,1H3. The van der Waals surface area contributed by atoms with Gasteiger partial charge < -0.3 is 14.9 Å². The fraction of sp³-hybridized carbons (Fsp3) is 0.136. The summed E-state index contributed by atoms with van der Waals surface area (Å²) in [6, 6.07) is 18.5. The highest BCUT2D eigenvalue weighted by atomic mass is 19.4. The van der Waals surface area contributed by atoms with Crippen molar-refractivity contribution < 1.29 is 28.1 Å². The van der Waals surface area contributed by atoms with Crippen LogP contribution in [-0.4, -0.2) is 33.1 Å². The monoisotopic (exact) mass is 414 g/mol. The van der Waals surface area contributed by atoms with Gasteiger partial charge in [0.25, 0.3) is 5.79 Å². The van der Waals surface area contributed by atoms with Crippen molar-refractivity contribution >= 4 is 11.0 Å². The van der Waals surface area contributed by atoms with E-state index in [4.69, 9.17) is 4.74 Å². The summed E-state index contributed by atoms with van der Waals surface area (Å²) < 4.78 is 45.9. The smallest absolute Gasteiger partial charge is 0.447 e. The Bertz CT molecular complexity index is 1220. The Morgan fingerprint density at radius 3 is 2.43 bits per heavy atom. The van der Waals surface area contributed by atoms with Gasteiger partial charge in [-0.05, 0) is 35.9 Å². The molecule has 0 saturated carbocycles. The first-order valence-corrected chi connectivity index (χ1v) is 8.95. The van der Waals surface area contributed by atoms with Crippen LogP contribution >= 0.6 is 0 Å². The number of halogens is 3. The van der Waals surface area contributed by atoms with Crippen LogP contribution in [0.4, 0.5) is 13.2 Å². The van der Waals surface area contributed by atoms with E-state index in [1.165, 1.54) is 12.4 Å². The largest absolute Gasteiger partial charge is 0.496 e. The van der Waals surface area contributed by atoms with E-state index in [1.807, 2.05) is 48.5 Å². The zero-order valence-corrected chi connectivity index (χ0v) is 15.8. The molecule has 8 heteroatoms. The van der Waals surface area contributed by atoms with Crippen molar-refractivity contribution in [2.75, 3.05) is 7.11 Å². The van der Waals surface area contributed by atoms with Gasteiger partial charge in [0.1, 0.15) is 12.1 Å². The van der Waals surface area contributed by atoms with Crippen molar-refractivity contribution in [3.8, 4) is 22.6 Å². The van der Waals surface area contributed by atoms with Gasteiger partial charge in [-0.2, -0.15) is 13.2 Å². The summed E-state index contributed by atoms with van der Waals surface area (Å²) in [4.78, 5) is 4.14. The first-order valence-electron chi connectivity index (χ1n) is 8.95. The number of hydrogen-bond acceptors (Lipinski definition) is 4. The maximum absolute atomic E-state index is 12.9. The molecule has 4 aromatic rings. The maximum atomic E-state index is 12.9. The minimum Gasteiger partial charge on any atom is -0.496 e. The number of benzene rings is 3. The van der Waals surface area contributed by atoms with E-state index in [0.717, 1.165) is 28.9 Å². The van der Waals surface area contributed by atoms with Crippen LogP contribution in [-0.2, 0) is 5.79 Å². The van der Waals surface area contributed by atoms with Gasteiger partial charge in [0.2, 0.25) is 0 Å². The second-order valence-electron chi connectivity index (χ2n) is 6.74. The summed E-state index contributed by atoms with van der Waals surface area (Å²) in [6.07, 6.45) is -3.76. The average molecular weight is 414 g/mol. The number of para-hydroxylation sites is 1. The van der Waals surface area contributed by atoms with Crippen molar-refractivity contribution in [2.24, 2.45) is 0 Å². The molecule has 0 spiro atoms. The molecule has 0 aliphatic carbocycles. The van der Waals surface area contributed by atoms with Gasteiger partial charge in [0.05, 0.1) is 18.1 Å². The third kappa shape index (κ3) is 3.30. The summed E-state index contributed by atoms with van der Waals surface area (Å²) >= 11 is 0. The molecule has 1 heterocycles. The van der Waals surface area contributed by atoms with E-state index < -0.39 is 17.5 Å². The van der Waals surface area contributed by atoms with Crippen molar-refractivity contribution in [2.45, 2.75) is 12.0 Å². The lowest BCUT2D eigenvalue weighted by molar-refractivity contribution is -0.358. The van der Waals surface area contributed by atoms with Gasteiger partial charge >= 0.3 is 6.18 Å². The minimum atomic E-state index is -5.23. The molecule has 5 nitrogen and oxygen atoms in total. The average Bonchev–Trinajstić information content (AvgIpc) is 3.16. The SMILES string of the molecule is COc1ccccc1-c1cccc(-n2cnc3cc(C(O)(O)C(F)(F)F)ccc32)c1. The Morgan fingerprint density at radius 2 is 1.70 bits per heavy atom. The highest BCUT2D eigenvalue weighted by molar-refractivity contribution is 5.79. The Balaban J connectivity index is 1.78. The first-order chi connectivity index (χ1) is 14.2. The lowest BCUT2D eigenvalue weighted by Gasteiger charge is -2.24. The number of alkyl halides is 3. The number of imidazole rings is 1. The number of aliphatic hydroxyl groups is 2. The molecule has 1 aromatic heterocycles. The molecule has 0 amide bonds. The van der Waals surface area contributed by atoms with Crippen molar-refractivity contribution in [3.05, 3.63) is 78.6 Å². The summed E-state index contributed by atoms with van der Waals surface area (Å²) in [5, 5.41) is 19.0. The molecule has 154 valence electrons. The molecule has 0 radical (unpaired) electrons. The number of rotatable bonds is 4. The number of fused-ring (bicyclic) bond motifs is 1. The normalized spacial score (nSPS) is 12.3. The molecule has 2 N–H and O–H groups in total. The van der Waals surface area contributed by atoms with Crippen LogP contribution in [0, 0.1) is 0 Å². The lowest BCUT2D eigenvalue weighted by Crippen LogP contribution is -2.41. The fourth-order valence-corrected chi connectivity index (χ4v) is 3.31. The molecule has 0 aliphatic rings. The minimum absolute atomic E-state index is 0.201. The lowest BCUT2D eigenvalue weighted by atomic mass is 10.0. The number of hydrogen-bond donors (Lipinski definition) is 2. The molecule has 0 unspecified atom stereocenters. The van der Waals surface area contributed by atoms with Gasteiger partial charge in [0, 0.05) is 16.8 Å². The van der Waals surface area contributed by atoms with E-state index in [0.29, 0.717) is 11.3 Å². The van der Waals surface area contributed by atoms with Gasteiger partial charge in [-0.1, -0.05) is 36.4 Å². The van der Waals surface area contributed by atoms with Crippen LogP contribution in [0.2, 0.25) is 0 Å². The molecule has 3 aromatic carbocycles. The molecule has 0 aliphatic heterocycles. The summed E-state index contributed by atoms with van der Waals surface area (Å²) in [5.74, 6) is -3.24. The topological polar surface area (TPSA) is 67.5 Å². The Kier molecular flexibility index (Phi) is 4.76. The van der Waals surface area contributed by atoms with Crippen molar-refractivity contribution in [1.82, 2.24) is 9.55 Å². The van der Waals surface area contributed by atoms with Crippen LogP contribution in [0.1, 0.15) is 5.56 Å². The molecular weight excluding hydrogens is 397 g/mol. The molecular formula is C22H17F3N2O3. The first kappa shape index (κ1) is 19.9. The Morgan fingerprint density at radius 1 is 0.933 bits per heavy atom. The molecule has 4 rings (SSSR count). The summed E-state index contributed by atoms with van der Waals surface area (Å²) in [7, 11) is 1.59. The summed E-state index contributed by atoms with van der Waals surface area (Å²) in [6.45, 7) is 0. The van der Waals surface area contributed by atoms with E-state index >= 15 is 0 Å². The fourth-order valence-electron chi connectivity index (χ4n) is 3.31. The summed E-state index contributed by atoms with van der Waals surface area (Å²) in [5.41, 5.74) is 2.55. The maximum Gasteiger partial charge on any atom is 0.447 e. The molecule has 0 saturated heterocycles. The highest BCUT2D eigenvalue weighted by Gasteiger charge is 2.54. The van der Waals surface area contributed by atoms with Gasteiger partial charge in [-0.3, -0.25) is 4.57 Å². The van der Waals surface area contributed by atoms with E-state index in [2.05, 4.69) is 4.98 Å². The third-order valence-corrected chi connectivity index (χ3v) is 4.89. The zero-order valence-electron chi connectivity index (χ0n) is 15.8. The quantitative estimate of drug-likeness (QED) is 0.486. The number of aromatic nitrogens is 2. The van der Waals surface area contributed by atoms with Crippen molar-refractivity contribution in [3.63, 3.8) is 0 Å². The Labute approximate surface area is 169 Å². The molecule has 30 heavy (non-hydrogen) atoms. The highest BCUT2D eigenvalue weighted by Crippen LogP contribution is 2.38. The second kappa shape index (κ2) is 7.16. The zero-order chi connectivity index (χ0) is 21.5. The number of methoxy groups -OCH3 is 1. The second-order valence-corrected chi connectivity index (χ2v) is 6.74. The molecule has 0 fully saturated rings. The van der Waals surface area contributed by atoms with Crippen LogP contribution in [0.5, 0.6) is 5.75 Å². The number of ether oxygens (including phenoxy) is 1. The third-order valence-electron chi connectivity index (χ3n) is 4.89. The molecule has 0 atom stereocenters. The van der Waals surface area contributed by atoms with Crippen LogP contribution in [0.15, 0.2) is 73.1 Å². The van der Waals surface area contributed by atoms with E-state index in [-0.39, 0.29) is 5.52 Å². The van der Waals surface area contributed by atoms with Crippen LogP contribution in [0.3, 0.4) is 0 Å².